The minimum atomic E-state index is -0.657. The van der Waals surface area contributed by atoms with Crippen molar-refractivity contribution < 1.29 is 4.74 Å². The number of ether oxygens (including phenoxy) is 1. The molecule has 3 aromatic rings. The van der Waals surface area contributed by atoms with Crippen molar-refractivity contribution in [2.24, 2.45) is 0 Å². The maximum atomic E-state index is 13.0. The molecule has 0 saturated carbocycles. The third kappa shape index (κ3) is 4.20. The van der Waals surface area contributed by atoms with Crippen LogP contribution >= 0.6 is 0 Å². The van der Waals surface area contributed by atoms with Gasteiger partial charge in [-0.3, -0.25) is 0 Å². The van der Waals surface area contributed by atoms with E-state index in [1.165, 1.54) is 6.26 Å². The van der Waals surface area contributed by atoms with E-state index in [9.17, 15) is 14.4 Å². The predicted octanol–water partition coefficient (Wildman–Crippen LogP) is 1.43. The number of hydrogen-bond donors (Lipinski definition) is 0. The molecule has 0 aliphatic heterocycles. The zero-order chi connectivity index (χ0) is 19.9. The van der Waals surface area contributed by atoms with Gasteiger partial charge in [0, 0.05) is 0 Å². The zero-order valence-corrected chi connectivity index (χ0v) is 15.4. The molecule has 0 N–H and O–H groups in total. The van der Waals surface area contributed by atoms with Crippen LogP contribution in [-0.2, 0) is 24.4 Å². The smallest absolute Gasteiger partial charge is 0.336 e. The Labute approximate surface area is 161 Å². The summed E-state index contributed by atoms with van der Waals surface area (Å²) in [6, 6.07) is 18.3. The van der Waals surface area contributed by atoms with Crippen molar-refractivity contribution in [1.29, 1.82) is 0 Å². The van der Waals surface area contributed by atoms with Crippen LogP contribution in [0.1, 0.15) is 11.1 Å². The minimum absolute atomic E-state index is 0.0214. The standard InChI is InChI=1S/C21H21N3O4/c1-2-28-14-13-22-19(25)23(15-17-9-5-3-6-10-17)21(27)24(20(22)26)16-18-11-7-4-8-12-18/h2-12H,1,13-16H2. The van der Waals surface area contributed by atoms with E-state index in [0.29, 0.717) is 0 Å². The Morgan fingerprint density at radius 2 is 1.14 bits per heavy atom. The largest absolute Gasteiger partial charge is 0.500 e. The van der Waals surface area contributed by atoms with Crippen LogP contribution in [-0.4, -0.2) is 20.3 Å². The molecule has 0 unspecified atom stereocenters. The Morgan fingerprint density at radius 1 is 0.714 bits per heavy atom. The van der Waals surface area contributed by atoms with Gasteiger partial charge in [-0.15, -0.1) is 0 Å². The molecule has 0 radical (unpaired) electrons. The van der Waals surface area contributed by atoms with Crippen LogP contribution < -0.4 is 17.1 Å². The monoisotopic (exact) mass is 379 g/mol. The highest BCUT2D eigenvalue weighted by molar-refractivity contribution is 5.16. The number of hydrogen-bond acceptors (Lipinski definition) is 4. The lowest BCUT2D eigenvalue weighted by molar-refractivity contribution is 0.229. The molecule has 0 fully saturated rings. The average molecular weight is 379 g/mol. The fraction of sp³-hybridized carbons (Fsp3) is 0.190. The topological polar surface area (TPSA) is 75.2 Å². The lowest BCUT2D eigenvalue weighted by Crippen LogP contribution is -2.55. The summed E-state index contributed by atoms with van der Waals surface area (Å²) in [6.45, 7) is 3.73. The second-order valence-electron chi connectivity index (χ2n) is 6.18. The second kappa shape index (κ2) is 8.85. The van der Waals surface area contributed by atoms with E-state index in [4.69, 9.17) is 4.74 Å². The molecule has 3 rings (SSSR count). The Kier molecular flexibility index (Phi) is 6.06. The van der Waals surface area contributed by atoms with E-state index in [1.54, 1.807) is 0 Å². The van der Waals surface area contributed by atoms with Gasteiger partial charge in [-0.2, -0.15) is 0 Å². The van der Waals surface area contributed by atoms with Gasteiger partial charge in [-0.1, -0.05) is 67.2 Å². The van der Waals surface area contributed by atoms with Gasteiger partial charge < -0.3 is 4.74 Å². The van der Waals surface area contributed by atoms with Crippen molar-refractivity contribution in [3.63, 3.8) is 0 Å². The predicted molar refractivity (Wildman–Crippen MR) is 106 cm³/mol. The summed E-state index contributed by atoms with van der Waals surface area (Å²) < 4.78 is 8.24. The SMILES string of the molecule is C=COCCn1c(=O)n(Cc2ccccc2)c(=O)n(Cc2ccccc2)c1=O. The molecule has 0 spiro atoms. The molecule has 7 nitrogen and oxygen atoms in total. The van der Waals surface area contributed by atoms with Gasteiger partial charge in [0.15, 0.2) is 0 Å². The third-order valence-electron chi connectivity index (χ3n) is 4.30. The molecule has 0 atom stereocenters. The van der Waals surface area contributed by atoms with Crippen LogP contribution in [0, 0.1) is 0 Å². The van der Waals surface area contributed by atoms with Gasteiger partial charge >= 0.3 is 17.1 Å². The molecular formula is C21H21N3O4. The Bertz CT molecular complexity index is 1030. The summed E-state index contributed by atoms with van der Waals surface area (Å²) >= 11 is 0. The van der Waals surface area contributed by atoms with Crippen molar-refractivity contribution in [1.82, 2.24) is 13.7 Å². The van der Waals surface area contributed by atoms with Gasteiger partial charge in [0.05, 0.1) is 25.9 Å². The molecule has 1 aromatic heterocycles. The highest BCUT2D eigenvalue weighted by Gasteiger charge is 2.16. The van der Waals surface area contributed by atoms with Crippen LogP contribution in [0.3, 0.4) is 0 Å². The summed E-state index contributed by atoms with van der Waals surface area (Å²) in [5.41, 5.74) is -0.365. The lowest BCUT2D eigenvalue weighted by Gasteiger charge is -2.14. The molecule has 0 bridgehead atoms. The summed E-state index contributed by atoms with van der Waals surface area (Å²) in [4.78, 5) is 38.7. The van der Waals surface area contributed by atoms with E-state index in [0.717, 1.165) is 24.8 Å². The minimum Gasteiger partial charge on any atom is -0.500 e. The van der Waals surface area contributed by atoms with Crippen molar-refractivity contribution in [2.75, 3.05) is 6.61 Å². The van der Waals surface area contributed by atoms with Gasteiger partial charge in [-0.05, 0) is 11.1 Å². The molecule has 0 aliphatic carbocycles. The molecule has 28 heavy (non-hydrogen) atoms. The molecule has 0 aliphatic rings. The first-order chi connectivity index (χ1) is 13.6. The molecule has 7 heteroatoms. The quantitative estimate of drug-likeness (QED) is 0.438. The number of nitrogens with zero attached hydrogens (tertiary/aromatic N) is 3. The van der Waals surface area contributed by atoms with E-state index in [2.05, 4.69) is 6.58 Å². The zero-order valence-electron chi connectivity index (χ0n) is 15.4. The summed E-state index contributed by atoms with van der Waals surface area (Å²) in [6.07, 6.45) is 1.24. The van der Waals surface area contributed by atoms with Gasteiger partial charge in [0.1, 0.15) is 6.61 Å². The normalized spacial score (nSPS) is 10.6. The Balaban J connectivity index is 2.12. The highest BCUT2D eigenvalue weighted by atomic mass is 16.5. The first kappa shape index (κ1) is 19.2. The molecule has 144 valence electrons. The number of rotatable bonds is 8. The maximum Gasteiger partial charge on any atom is 0.336 e. The van der Waals surface area contributed by atoms with Crippen molar-refractivity contribution in [2.45, 2.75) is 19.6 Å². The lowest BCUT2D eigenvalue weighted by atomic mass is 10.2. The average Bonchev–Trinajstić information content (AvgIpc) is 2.73. The number of benzene rings is 2. The molecule has 0 saturated heterocycles. The van der Waals surface area contributed by atoms with E-state index in [1.807, 2.05) is 60.7 Å². The van der Waals surface area contributed by atoms with Gasteiger partial charge in [-0.25, -0.2) is 28.1 Å². The van der Waals surface area contributed by atoms with Gasteiger partial charge in [0.25, 0.3) is 0 Å². The van der Waals surface area contributed by atoms with Crippen molar-refractivity contribution >= 4 is 0 Å². The van der Waals surface area contributed by atoms with Crippen molar-refractivity contribution in [3.05, 3.63) is 116 Å². The highest BCUT2D eigenvalue weighted by Crippen LogP contribution is 2.00. The van der Waals surface area contributed by atoms with Crippen LogP contribution in [0.25, 0.3) is 0 Å². The van der Waals surface area contributed by atoms with Crippen LogP contribution in [0.2, 0.25) is 0 Å². The molecule has 0 amide bonds. The Morgan fingerprint density at radius 3 is 1.57 bits per heavy atom. The van der Waals surface area contributed by atoms with Crippen LogP contribution in [0.5, 0.6) is 0 Å². The van der Waals surface area contributed by atoms with E-state index < -0.39 is 17.1 Å². The van der Waals surface area contributed by atoms with Crippen LogP contribution in [0.4, 0.5) is 0 Å². The summed E-state index contributed by atoms with van der Waals surface area (Å²) in [5.74, 6) is 0. The second-order valence-corrected chi connectivity index (χ2v) is 6.18. The molecule has 1 heterocycles. The van der Waals surface area contributed by atoms with Crippen molar-refractivity contribution in [3.8, 4) is 0 Å². The molecule has 2 aromatic carbocycles. The fourth-order valence-corrected chi connectivity index (χ4v) is 2.90. The summed E-state index contributed by atoms with van der Waals surface area (Å²) in [5, 5.41) is 0. The van der Waals surface area contributed by atoms with E-state index >= 15 is 0 Å². The maximum absolute atomic E-state index is 13.0. The first-order valence-electron chi connectivity index (χ1n) is 8.86. The first-order valence-corrected chi connectivity index (χ1v) is 8.86. The summed E-state index contributed by atoms with van der Waals surface area (Å²) in [7, 11) is 0. The fourth-order valence-electron chi connectivity index (χ4n) is 2.90. The molecular weight excluding hydrogens is 358 g/mol. The van der Waals surface area contributed by atoms with Gasteiger partial charge in [0.2, 0.25) is 0 Å². The Hall–Kier alpha value is -3.61. The number of aromatic nitrogens is 3. The van der Waals surface area contributed by atoms with Crippen LogP contribution in [0.15, 0.2) is 87.9 Å². The third-order valence-corrected chi connectivity index (χ3v) is 4.30. The van der Waals surface area contributed by atoms with E-state index in [-0.39, 0.29) is 26.2 Å².